The molecular formula is C3H3S5-. The Morgan fingerprint density at radius 1 is 1.50 bits per heavy atom. The van der Waals surface area contributed by atoms with Gasteiger partial charge in [0.25, 0.3) is 0 Å². The van der Waals surface area contributed by atoms with Crippen LogP contribution in [0.3, 0.4) is 0 Å². The van der Waals surface area contributed by atoms with Gasteiger partial charge in [-0.1, -0.05) is 11.8 Å². The molecule has 1 aliphatic rings. The van der Waals surface area contributed by atoms with Crippen molar-refractivity contribution in [2.24, 2.45) is 0 Å². The molecule has 0 saturated carbocycles. The van der Waals surface area contributed by atoms with E-state index in [1.807, 2.05) is 0 Å². The molecule has 0 aromatic rings. The highest BCUT2D eigenvalue weighted by molar-refractivity contribution is 8.38. The highest BCUT2D eigenvalue weighted by Gasteiger charge is 2.12. The first-order chi connectivity index (χ1) is 3.70. The summed E-state index contributed by atoms with van der Waals surface area (Å²) in [4.78, 5) is 0. The van der Waals surface area contributed by atoms with E-state index in [1.54, 1.807) is 23.5 Å². The van der Waals surface area contributed by atoms with Gasteiger partial charge in [-0.25, -0.2) is 0 Å². The fourth-order valence-corrected chi connectivity index (χ4v) is 4.34. The Morgan fingerprint density at radius 3 is 2.25 bits per heavy atom. The summed E-state index contributed by atoms with van der Waals surface area (Å²) in [6.07, 6.45) is 0. The van der Waals surface area contributed by atoms with Crippen molar-refractivity contribution in [3.05, 3.63) is 8.47 Å². The molecule has 0 fully saturated rings. The van der Waals surface area contributed by atoms with Crippen LogP contribution in [0.1, 0.15) is 0 Å². The Morgan fingerprint density at radius 2 is 2.12 bits per heavy atom. The Kier molecular flexibility index (Phi) is 2.77. The van der Waals surface area contributed by atoms with Crippen molar-refractivity contribution in [3.63, 3.8) is 0 Å². The average molecular weight is 199 g/mol. The lowest BCUT2D eigenvalue weighted by Crippen LogP contribution is -1.70. The molecule has 0 bridgehead atoms. The van der Waals surface area contributed by atoms with Crippen LogP contribution in [-0.2, 0) is 12.6 Å². The molecule has 46 valence electrons. The molecule has 1 unspecified atom stereocenters. The fourth-order valence-electron chi connectivity index (χ4n) is 0.310. The largest absolute Gasteiger partial charge is 0.771 e. The molecule has 0 amide bonds. The molecule has 1 aliphatic heterocycles. The van der Waals surface area contributed by atoms with Gasteiger partial charge in [0, 0.05) is 4.24 Å². The summed E-state index contributed by atoms with van der Waals surface area (Å²) in [7, 11) is 0. The van der Waals surface area contributed by atoms with E-state index < -0.39 is 0 Å². The van der Waals surface area contributed by atoms with E-state index in [0.29, 0.717) is 0 Å². The fraction of sp³-hybridized carbons (Fsp3) is 0.333. The van der Waals surface area contributed by atoms with Gasteiger partial charge in [0.05, 0.1) is 0 Å². The molecule has 0 aromatic carbocycles. The van der Waals surface area contributed by atoms with E-state index in [1.165, 1.54) is 0 Å². The van der Waals surface area contributed by atoms with E-state index in [2.05, 4.69) is 25.3 Å². The summed E-state index contributed by atoms with van der Waals surface area (Å²) in [6, 6.07) is 0. The van der Waals surface area contributed by atoms with Gasteiger partial charge in [0.1, 0.15) is 3.91 Å². The van der Waals surface area contributed by atoms with Crippen LogP contribution < -0.4 is 0 Å². The van der Waals surface area contributed by atoms with Crippen molar-refractivity contribution >= 4 is 61.4 Å². The standard InChI is InChI=1S/C3H4S5/c4-1-2(5)8-3(6)7-1/h3-6H/p-1. The molecule has 1 rings (SSSR count). The van der Waals surface area contributed by atoms with Gasteiger partial charge >= 0.3 is 0 Å². The summed E-state index contributed by atoms with van der Waals surface area (Å²) in [6.45, 7) is 0. The third-order valence-corrected chi connectivity index (χ3v) is 4.65. The molecule has 0 radical (unpaired) electrons. The predicted molar refractivity (Wildman–Crippen MR) is 51.3 cm³/mol. The van der Waals surface area contributed by atoms with Crippen molar-refractivity contribution in [2.75, 3.05) is 0 Å². The second kappa shape index (κ2) is 2.96. The predicted octanol–water partition coefficient (Wildman–Crippen LogP) is 2.28. The van der Waals surface area contributed by atoms with Crippen molar-refractivity contribution in [3.8, 4) is 0 Å². The maximum Gasteiger partial charge on any atom is 0.100 e. The van der Waals surface area contributed by atoms with Crippen molar-refractivity contribution < 1.29 is 0 Å². The smallest absolute Gasteiger partial charge is 0.100 e. The lowest BCUT2D eigenvalue weighted by atomic mass is 11.2. The monoisotopic (exact) mass is 199 g/mol. The second-order valence-corrected chi connectivity index (χ2v) is 6.30. The maximum absolute atomic E-state index is 4.90. The highest BCUT2D eigenvalue weighted by Crippen LogP contribution is 2.48. The molecule has 0 spiro atoms. The third kappa shape index (κ3) is 1.67. The Hall–Kier alpha value is 1.36. The lowest BCUT2D eigenvalue weighted by molar-refractivity contribution is 2.14. The first-order valence-corrected chi connectivity index (χ1v) is 4.95. The van der Waals surface area contributed by atoms with Gasteiger partial charge in [-0.05, 0) is 0 Å². The molecule has 0 N–H and O–H groups in total. The first-order valence-electron chi connectivity index (χ1n) is 1.82. The average Bonchev–Trinajstić information content (AvgIpc) is 1.85. The van der Waals surface area contributed by atoms with Gasteiger partial charge < -0.3 is 12.6 Å². The van der Waals surface area contributed by atoms with Crippen molar-refractivity contribution in [1.29, 1.82) is 0 Å². The van der Waals surface area contributed by atoms with Crippen LogP contribution >= 0.6 is 48.8 Å². The summed E-state index contributed by atoms with van der Waals surface area (Å²) in [5, 5.41) is 0. The SMILES string of the molecule is [S-]C1=C(S)SC(S)S1. The minimum Gasteiger partial charge on any atom is -0.771 e. The normalized spacial score (nSPS) is 29.5. The minimum absolute atomic E-state index is 0.273. The van der Waals surface area contributed by atoms with E-state index in [4.69, 9.17) is 12.6 Å². The third-order valence-electron chi connectivity index (χ3n) is 0.595. The minimum atomic E-state index is 0.273. The zero-order valence-corrected chi connectivity index (χ0v) is 7.93. The summed E-state index contributed by atoms with van der Waals surface area (Å²) < 4.78 is 2.08. The number of thioether (sulfide) groups is 2. The van der Waals surface area contributed by atoms with E-state index in [-0.39, 0.29) is 3.91 Å². The number of hydrogen-bond donors (Lipinski definition) is 2. The molecule has 0 nitrogen and oxygen atoms in total. The number of thiol groups is 2. The number of hydrogen-bond acceptors (Lipinski definition) is 5. The molecule has 0 aliphatic carbocycles. The van der Waals surface area contributed by atoms with Gasteiger partial charge in [-0.15, -0.1) is 28.6 Å². The Balaban J connectivity index is 2.60. The number of rotatable bonds is 0. The molecule has 8 heavy (non-hydrogen) atoms. The Labute approximate surface area is 73.5 Å². The molecular weight excluding hydrogens is 196 g/mol. The maximum atomic E-state index is 4.90. The van der Waals surface area contributed by atoms with E-state index in [9.17, 15) is 0 Å². The lowest BCUT2D eigenvalue weighted by Gasteiger charge is -2.03. The van der Waals surface area contributed by atoms with Crippen LogP contribution in [0.15, 0.2) is 8.47 Å². The zero-order chi connectivity index (χ0) is 6.15. The zero-order valence-electron chi connectivity index (χ0n) is 3.70. The van der Waals surface area contributed by atoms with Crippen LogP contribution in [0.5, 0.6) is 0 Å². The topological polar surface area (TPSA) is 0 Å². The van der Waals surface area contributed by atoms with Crippen LogP contribution in [0.4, 0.5) is 0 Å². The quantitative estimate of drug-likeness (QED) is 0.454. The molecule has 0 saturated heterocycles. The van der Waals surface area contributed by atoms with Crippen LogP contribution in [-0.4, -0.2) is 3.91 Å². The van der Waals surface area contributed by atoms with Crippen LogP contribution in [0, 0.1) is 0 Å². The molecule has 0 aromatic heterocycles. The molecule has 1 atom stereocenters. The summed E-state index contributed by atoms with van der Waals surface area (Å²) >= 11 is 16.4. The highest BCUT2D eigenvalue weighted by atomic mass is 32.3. The van der Waals surface area contributed by atoms with Gasteiger partial charge in [-0.2, -0.15) is 12.6 Å². The van der Waals surface area contributed by atoms with Crippen molar-refractivity contribution in [2.45, 2.75) is 3.91 Å². The van der Waals surface area contributed by atoms with Crippen molar-refractivity contribution in [1.82, 2.24) is 0 Å². The molecule has 5 heteroatoms. The second-order valence-electron chi connectivity index (χ2n) is 1.14. The van der Waals surface area contributed by atoms with E-state index >= 15 is 0 Å². The Bertz CT molecular complexity index is 114. The van der Waals surface area contributed by atoms with Gasteiger partial charge in [0.2, 0.25) is 0 Å². The van der Waals surface area contributed by atoms with Gasteiger partial charge in [-0.3, -0.25) is 0 Å². The molecule has 1 heterocycles. The van der Waals surface area contributed by atoms with E-state index in [0.717, 1.165) is 8.47 Å². The van der Waals surface area contributed by atoms with Gasteiger partial charge in [0.15, 0.2) is 0 Å². The van der Waals surface area contributed by atoms with Crippen LogP contribution in [0.25, 0.3) is 0 Å². The summed E-state index contributed by atoms with van der Waals surface area (Å²) in [5.74, 6) is 0. The summed E-state index contributed by atoms with van der Waals surface area (Å²) in [5.41, 5.74) is 0. The van der Waals surface area contributed by atoms with Crippen LogP contribution in [0.2, 0.25) is 0 Å². The first kappa shape index (κ1) is 7.47.